The average Bonchev–Trinajstić information content (AvgIpc) is 3.12. The first kappa shape index (κ1) is 11.6. The van der Waals surface area contributed by atoms with Gasteiger partial charge in [0.2, 0.25) is 5.88 Å². The van der Waals surface area contributed by atoms with E-state index in [0.29, 0.717) is 11.8 Å². The van der Waals surface area contributed by atoms with Crippen LogP contribution in [0.1, 0.15) is 25.5 Å². The molecule has 1 aromatic heterocycles. The van der Waals surface area contributed by atoms with E-state index in [1.807, 2.05) is 6.07 Å². The molecule has 0 spiro atoms. The van der Waals surface area contributed by atoms with Crippen molar-refractivity contribution in [2.45, 2.75) is 31.6 Å². The van der Waals surface area contributed by atoms with E-state index < -0.39 is 0 Å². The summed E-state index contributed by atoms with van der Waals surface area (Å²) in [6.07, 6.45) is 4.98. The summed E-state index contributed by atoms with van der Waals surface area (Å²) in [5, 5.41) is 0.159. The fourth-order valence-electron chi connectivity index (χ4n) is 1.90. The van der Waals surface area contributed by atoms with Crippen molar-refractivity contribution in [1.29, 1.82) is 0 Å². The molecule has 1 aliphatic rings. The number of ether oxygens (including phenoxy) is 1. The molecule has 2 unspecified atom stereocenters. The minimum atomic E-state index is 0.159. The molecule has 0 aliphatic heterocycles. The van der Waals surface area contributed by atoms with Crippen LogP contribution in [0.3, 0.4) is 0 Å². The highest BCUT2D eigenvalue weighted by atomic mass is 35.5. The number of aromatic nitrogens is 2. The summed E-state index contributed by atoms with van der Waals surface area (Å²) in [6, 6.07) is 1.86. The highest BCUT2D eigenvalue weighted by Crippen LogP contribution is 2.40. The van der Waals surface area contributed by atoms with Gasteiger partial charge in [-0.1, -0.05) is 6.92 Å². The van der Waals surface area contributed by atoms with Gasteiger partial charge in [-0.05, 0) is 24.7 Å². The van der Waals surface area contributed by atoms with E-state index in [1.54, 1.807) is 7.11 Å². The van der Waals surface area contributed by atoms with E-state index >= 15 is 0 Å². The number of hydrogen-bond acceptors (Lipinski definition) is 3. The van der Waals surface area contributed by atoms with Gasteiger partial charge in [-0.3, -0.25) is 0 Å². The Bertz CT molecular complexity index is 355. The Morgan fingerprint density at radius 1 is 1.50 bits per heavy atom. The zero-order chi connectivity index (χ0) is 11.5. The topological polar surface area (TPSA) is 35.0 Å². The number of hydrogen-bond donors (Lipinski definition) is 0. The standard InChI is InChI=1S/C12H17ClN2O/c1-8(9-3-4-9)11(13)5-10-6-12(16-2)15-7-14-10/h6-9,11H,3-5H2,1-2H3. The molecule has 1 saturated carbocycles. The van der Waals surface area contributed by atoms with Crippen LogP contribution in [-0.4, -0.2) is 22.5 Å². The van der Waals surface area contributed by atoms with Crippen molar-refractivity contribution in [2.24, 2.45) is 11.8 Å². The highest BCUT2D eigenvalue weighted by Gasteiger charge is 2.32. The van der Waals surface area contributed by atoms with Crippen molar-refractivity contribution < 1.29 is 4.74 Å². The lowest BCUT2D eigenvalue weighted by Gasteiger charge is -2.16. The minimum absolute atomic E-state index is 0.159. The second-order valence-corrected chi connectivity index (χ2v) is 5.03. The lowest BCUT2D eigenvalue weighted by atomic mass is 9.98. The van der Waals surface area contributed by atoms with E-state index in [4.69, 9.17) is 16.3 Å². The first-order valence-corrected chi connectivity index (χ1v) is 6.13. The maximum Gasteiger partial charge on any atom is 0.216 e. The van der Waals surface area contributed by atoms with Gasteiger partial charge in [0.25, 0.3) is 0 Å². The smallest absolute Gasteiger partial charge is 0.216 e. The molecular formula is C12H17ClN2O. The summed E-state index contributed by atoms with van der Waals surface area (Å²) in [5.74, 6) is 2.00. The molecule has 4 heteroatoms. The lowest BCUT2D eigenvalue weighted by molar-refractivity contribution is 0.395. The number of rotatable bonds is 5. The second-order valence-electron chi connectivity index (χ2n) is 4.47. The van der Waals surface area contributed by atoms with Crippen LogP contribution < -0.4 is 4.74 Å². The summed E-state index contributed by atoms with van der Waals surface area (Å²) < 4.78 is 5.06. The fourth-order valence-corrected chi connectivity index (χ4v) is 2.27. The Balaban J connectivity index is 1.96. The Labute approximate surface area is 101 Å². The van der Waals surface area contributed by atoms with Crippen LogP contribution in [-0.2, 0) is 6.42 Å². The van der Waals surface area contributed by atoms with Crippen LogP contribution in [0.5, 0.6) is 5.88 Å². The zero-order valence-corrected chi connectivity index (χ0v) is 10.4. The third kappa shape index (κ3) is 2.85. The monoisotopic (exact) mass is 240 g/mol. The molecule has 1 heterocycles. The Kier molecular flexibility index (Phi) is 3.64. The van der Waals surface area contributed by atoms with Crippen LogP contribution >= 0.6 is 11.6 Å². The van der Waals surface area contributed by atoms with Crippen LogP contribution in [0.2, 0.25) is 0 Å². The maximum atomic E-state index is 6.40. The molecule has 1 aliphatic carbocycles. The van der Waals surface area contributed by atoms with E-state index in [9.17, 15) is 0 Å². The predicted molar refractivity (Wildman–Crippen MR) is 63.8 cm³/mol. The van der Waals surface area contributed by atoms with Gasteiger partial charge in [0.15, 0.2) is 0 Å². The van der Waals surface area contributed by atoms with Gasteiger partial charge in [-0.15, -0.1) is 11.6 Å². The van der Waals surface area contributed by atoms with Crippen LogP contribution in [0.4, 0.5) is 0 Å². The van der Waals surface area contributed by atoms with E-state index in [2.05, 4.69) is 16.9 Å². The Morgan fingerprint density at radius 2 is 2.25 bits per heavy atom. The number of methoxy groups -OCH3 is 1. The highest BCUT2D eigenvalue weighted by molar-refractivity contribution is 6.20. The lowest BCUT2D eigenvalue weighted by Crippen LogP contribution is -2.17. The Hall–Kier alpha value is -0.830. The molecule has 2 atom stereocenters. The fraction of sp³-hybridized carbons (Fsp3) is 0.667. The van der Waals surface area contributed by atoms with Crippen molar-refractivity contribution in [3.8, 4) is 5.88 Å². The van der Waals surface area contributed by atoms with Gasteiger partial charge in [0, 0.05) is 23.6 Å². The molecular weight excluding hydrogens is 224 g/mol. The largest absolute Gasteiger partial charge is 0.481 e. The van der Waals surface area contributed by atoms with Gasteiger partial charge in [-0.2, -0.15) is 0 Å². The normalized spacial score (nSPS) is 19.2. The minimum Gasteiger partial charge on any atom is -0.481 e. The van der Waals surface area contributed by atoms with E-state index in [-0.39, 0.29) is 5.38 Å². The van der Waals surface area contributed by atoms with Gasteiger partial charge in [0.05, 0.1) is 7.11 Å². The molecule has 2 rings (SSSR count). The molecule has 0 saturated heterocycles. The first-order valence-electron chi connectivity index (χ1n) is 5.69. The molecule has 0 radical (unpaired) electrons. The summed E-state index contributed by atoms with van der Waals surface area (Å²) in [5.41, 5.74) is 0.958. The van der Waals surface area contributed by atoms with Crippen molar-refractivity contribution in [1.82, 2.24) is 9.97 Å². The molecule has 1 fully saturated rings. The van der Waals surface area contributed by atoms with Gasteiger partial charge < -0.3 is 4.74 Å². The molecule has 1 aromatic rings. The summed E-state index contributed by atoms with van der Waals surface area (Å²) in [4.78, 5) is 8.19. The first-order chi connectivity index (χ1) is 7.70. The van der Waals surface area contributed by atoms with E-state index in [1.165, 1.54) is 19.2 Å². The number of alkyl halides is 1. The molecule has 88 valence electrons. The predicted octanol–water partition coefficient (Wildman–Crippen LogP) is 2.68. The summed E-state index contributed by atoms with van der Waals surface area (Å²) in [7, 11) is 1.61. The third-order valence-electron chi connectivity index (χ3n) is 3.25. The SMILES string of the molecule is COc1cc(CC(Cl)C(C)C2CC2)ncn1. The van der Waals surface area contributed by atoms with Crippen molar-refractivity contribution in [3.05, 3.63) is 18.1 Å². The molecule has 0 amide bonds. The second kappa shape index (κ2) is 5.00. The van der Waals surface area contributed by atoms with Gasteiger partial charge in [-0.25, -0.2) is 9.97 Å². The Morgan fingerprint density at radius 3 is 2.88 bits per heavy atom. The third-order valence-corrected chi connectivity index (χ3v) is 3.80. The molecule has 0 bridgehead atoms. The van der Waals surface area contributed by atoms with Crippen LogP contribution in [0, 0.1) is 11.8 Å². The molecule has 16 heavy (non-hydrogen) atoms. The van der Waals surface area contributed by atoms with Crippen LogP contribution in [0.15, 0.2) is 12.4 Å². The van der Waals surface area contributed by atoms with Crippen molar-refractivity contribution in [2.75, 3.05) is 7.11 Å². The summed E-state index contributed by atoms with van der Waals surface area (Å²) in [6.45, 7) is 2.23. The van der Waals surface area contributed by atoms with Crippen molar-refractivity contribution >= 4 is 11.6 Å². The average molecular weight is 241 g/mol. The van der Waals surface area contributed by atoms with Gasteiger partial charge >= 0.3 is 0 Å². The quantitative estimate of drug-likeness (QED) is 0.743. The van der Waals surface area contributed by atoms with E-state index in [0.717, 1.165) is 18.0 Å². The number of nitrogens with zero attached hydrogens (tertiary/aromatic N) is 2. The molecule has 3 nitrogen and oxygen atoms in total. The van der Waals surface area contributed by atoms with Gasteiger partial charge in [0.1, 0.15) is 6.33 Å². The zero-order valence-electron chi connectivity index (χ0n) is 9.69. The molecule has 0 N–H and O–H groups in total. The maximum absolute atomic E-state index is 6.40. The summed E-state index contributed by atoms with van der Waals surface area (Å²) >= 11 is 6.40. The number of halogens is 1. The molecule has 0 aromatic carbocycles. The van der Waals surface area contributed by atoms with Crippen LogP contribution in [0.25, 0.3) is 0 Å². The van der Waals surface area contributed by atoms with Crippen molar-refractivity contribution in [3.63, 3.8) is 0 Å².